The van der Waals surface area contributed by atoms with Gasteiger partial charge < -0.3 is 4.74 Å². The number of epoxide rings is 1. The van der Waals surface area contributed by atoms with Crippen molar-refractivity contribution in [2.75, 3.05) is 0 Å². The van der Waals surface area contributed by atoms with Crippen LogP contribution in [0, 0.1) is 11.3 Å². The Balaban J connectivity index is 1.97. The molecule has 0 amide bonds. The third kappa shape index (κ3) is 1.52. The summed E-state index contributed by atoms with van der Waals surface area (Å²) >= 11 is 0. The summed E-state index contributed by atoms with van der Waals surface area (Å²) < 4.78 is 5.74. The number of fused-ring (bicyclic) bond motifs is 1. The lowest BCUT2D eigenvalue weighted by molar-refractivity contribution is 0.155. The van der Waals surface area contributed by atoms with E-state index in [1.54, 1.807) is 0 Å². The van der Waals surface area contributed by atoms with Crippen molar-refractivity contribution >= 4 is 0 Å². The quantitative estimate of drug-likeness (QED) is 0.596. The first-order valence-corrected chi connectivity index (χ1v) is 5.66. The van der Waals surface area contributed by atoms with E-state index in [0.717, 1.165) is 5.92 Å². The molecule has 1 heteroatoms. The van der Waals surface area contributed by atoms with Crippen LogP contribution >= 0.6 is 0 Å². The minimum atomic E-state index is 0.292. The SMILES string of the molecule is CCC(C)(C)C1CCC2(C)OC2C1. The highest BCUT2D eigenvalue weighted by Crippen LogP contribution is 2.53. The lowest BCUT2D eigenvalue weighted by Crippen LogP contribution is -2.31. The highest BCUT2D eigenvalue weighted by atomic mass is 16.6. The molecule has 2 rings (SSSR count). The first-order valence-electron chi connectivity index (χ1n) is 5.66. The van der Waals surface area contributed by atoms with Gasteiger partial charge in [0.1, 0.15) is 0 Å². The topological polar surface area (TPSA) is 12.5 Å². The van der Waals surface area contributed by atoms with Gasteiger partial charge in [0.25, 0.3) is 0 Å². The molecule has 76 valence electrons. The summed E-state index contributed by atoms with van der Waals surface area (Å²) in [5.74, 6) is 0.887. The predicted molar refractivity (Wildman–Crippen MR) is 54.7 cm³/mol. The van der Waals surface area contributed by atoms with Gasteiger partial charge in [-0.2, -0.15) is 0 Å². The maximum Gasteiger partial charge on any atom is 0.0920 e. The fraction of sp³-hybridized carbons (Fsp3) is 1.00. The Morgan fingerprint density at radius 1 is 1.46 bits per heavy atom. The summed E-state index contributed by atoms with van der Waals surface area (Å²) in [4.78, 5) is 0. The Hall–Kier alpha value is -0.0400. The largest absolute Gasteiger partial charge is 0.366 e. The molecule has 0 N–H and O–H groups in total. The van der Waals surface area contributed by atoms with Crippen molar-refractivity contribution < 1.29 is 4.74 Å². The van der Waals surface area contributed by atoms with Gasteiger partial charge >= 0.3 is 0 Å². The second-order valence-electron chi connectivity index (χ2n) is 5.73. The van der Waals surface area contributed by atoms with E-state index in [2.05, 4.69) is 27.7 Å². The minimum Gasteiger partial charge on any atom is -0.366 e. The summed E-state index contributed by atoms with van der Waals surface area (Å²) in [5, 5.41) is 0. The monoisotopic (exact) mass is 182 g/mol. The van der Waals surface area contributed by atoms with Crippen LogP contribution in [-0.2, 0) is 4.74 Å². The van der Waals surface area contributed by atoms with Gasteiger partial charge in [-0.05, 0) is 37.5 Å². The minimum absolute atomic E-state index is 0.292. The third-order valence-electron chi connectivity index (χ3n) is 4.54. The Bertz CT molecular complexity index is 209. The summed E-state index contributed by atoms with van der Waals surface area (Å²) in [6.45, 7) is 9.39. The molecule has 1 aliphatic heterocycles. The Morgan fingerprint density at radius 3 is 2.69 bits per heavy atom. The Labute approximate surface area is 81.9 Å². The fourth-order valence-electron chi connectivity index (χ4n) is 2.64. The molecule has 0 aromatic carbocycles. The van der Waals surface area contributed by atoms with Crippen LogP contribution in [0.5, 0.6) is 0 Å². The molecule has 0 radical (unpaired) electrons. The molecule has 0 spiro atoms. The van der Waals surface area contributed by atoms with Crippen molar-refractivity contribution in [1.82, 2.24) is 0 Å². The Morgan fingerprint density at radius 2 is 2.15 bits per heavy atom. The maximum atomic E-state index is 5.74. The van der Waals surface area contributed by atoms with Gasteiger partial charge in [-0.3, -0.25) is 0 Å². The smallest absolute Gasteiger partial charge is 0.0920 e. The molecule has 2 fully saturated rings. The predicted octanol–water partition coefficient (Wildman–Crippen LogP) is 3.38. The lowest BCUT2D eigenvalue weighted by Gasteiger charge is -2.36. The number of hydrogen-bond acceptors (Lipinski definition) is 1. The van der Waals surface area contributed by atoms with E-state index in [1.165, 1.54) is 25.7 Å². The zero-order valence-electron chi connectivity index (χ0n) is 9.39. The summed E-state index contributed by atoms with van der Waals surface area (Å²) in [5.41, 5.74) is 0.813. The molecule has 13 heavy (non-hydrogen) atoms. The van der Waals surface area contributed by atoms with Crippen LogP contribution < -0.4 is 0 Å². The molecule has 1 nitrogen and oxygen atoms in total. The highest BCUT2D eigenvalue weighted by Gasteiger charge is 2.56. The Kier molecular flexibility index (Phi) is 1.99. The van der Waals surface area contributed by atoms with Crippen molar-refractivity contribution in [1.29, 1.82) is 0 Å². The first kappa shape index (κ1) is 9.51. The standard InChI is InChI=1S/C12H22O/c1-5-11(2,3)9-6-7-12(4)10(8-9)13-12/h9-10H,5-8H2,1-4H3. The third-order valence-corrected chi connectivity index (χ3v) is 4.54. The van der Waals surface area contributed by atoms with E-state index in [9.17, 15) is 0 Å². The van der Waals surface area contributed by atoms with E-state index < -0.39 is 0 Å². The van der Waals surface area contributed by atoms with Crippen LogP contribution in [-0.4, -0.2) is 11.7 Å². The average Bonchev–Trinajstić information content (AvgIpc) is 2.75. The van der Waals surface area contributed by atoms with E-state index in [-0.39, 0.29) is 0 Å². The van der Waals surface area contributed by atoms with Crippen molar-refractivity contribution in [3.8, 4) is 0 Å². The fourth-order valence-corrected chi connectivity index (χ4v) is 2.64. The van der Waals surface area contributed by atoms with Gasteiger partial charge in [0, 0.05) is 0 Å². The van der Waals surface area contributed by atoms with Gasteiger partial charge in [-0.15, -0.1) is 0 Å². The van der Waals surface area contributed by atoms with Crippen LogP contribution in [0.25, 0.3) is 0 Å². The van der Waals surface area contributed by atoms with Crippen molar-refractivity contribution in [2.45, 2.75) is 65.1 Å². The van der Waals surface area contributed by atoms with E-state index in [1.807, 2.05) is 0 Å². The maximum absolute atomic E-state index is 5.74. The zero-order valence-corrected chi connectivity index (χ0v) is 9.39. The van der Waals surface area contributed by atoms with Gasteiger partial charge in [0.2, 0.25) is 0 Å². The summed E-state index contributed by atoms with van der Waals surface area (Å²) in [6.07, 6.45) is 5.84. The second-order valence-corrected chi connectivity index (χ2v) is 5.73. The van der Waals surface area contributed by atoms with Crippen molar-refractivity contribution in [3.05, 3.63) is 0 Å². The average molecular weight is 182 g/mol. The molecule has 1 saturated carbocycles. The lowest BCUT2D eigenvalue weighted by atomic mass is 9.68. The molecular formula is C12H22O. The molecular weight excluding hydrogens is 160 g/mol. The molecule has 0 bridgehead atoms. The normalized spacial score (nSPS) is 44.3. The number of rotatable bonds is 2. The molecule has 3 atom stereocenters. The van der Waals surface area contributed by atoms with Crippen molar-refractivity contribution in [3.63, 3.8) is 0 Å². The van der Waals surface area contributed by atoms with Gasteiger partial charge in [0.05, 0.1) is 11.7 Å². The highest BCUT2D eigenvalue weighted by molar-refractivity contribution is 5.05. The number of hydrogen-bond donors (Lipinski definition) is 0. The molecule has 3 unspecified atom stereocenters. The molecule has 1 aliphatic carbocycles. The molecule has 1 heterocycles. The summed E-state index contributed by atoms with van der Waals surface area (Å²) in [7, 11) is 0. The van der Waals surface area contributed by atoms with Gasteiger partial charge in [-0.25, -0.2) is 0 Å². The summed E-state index contributed by atoms with van der Waals surface area (Å²) in [6, 6.07) is 0. The number of ether oxygens (including phenoxy) is 1. The first-order chi connectivity index (χ1) is 5.98. The molecule has 0 aromatic rings. The molecule has 2 aliphatic rings. The van der Waals surface area contributed by atoms with E-state index >= 15 is 0 Å². The zero-order chi connectivity index (χ0) is 9.69. The van der Waals surface area contributed by atoms with Crippen LogP contribution in [0.4, 0.5) is 0 Å². The van der Waals surface area contributed by atoms with Gasteiger partial charge in [0.15, 0.2) is 0 Å². The second kappa shape index (κ2) is 2.73. The van der Waals surface area contributed by atoms with Gasteiger partial charge in [-0.1, -0.05) is 27.2 Å². The van der Waals surface area contributed by atoms with Crippen LogP contribution in [0.3, 0.4) is 0 Å². The van der Waals surface area contributed by atoms with Crippen LogP contribution in [0.1, 0.15) is 53.4 Å². The van der Waals surface area contributed by atoms with Crippen LogP contribution in [0.15, 0.2) is 0 Å². The van der Waals surface area contributed by atoms with Crippen LogP contribution in [0.2, 0.25) is 0 Å². The van der Waals surface area contributed by atoms with Crippen molar-refractivity contribution in [2.24, 2.45) is 11.3 Å². The molecule has 0 aromatic heterocycles. The van der Waals surface area contributed by atoms with E-state index in [4.69, 9.17) is 4.74 Å². The molecule has 1 saturated heterocycles. The van der Waals surface area contributed by atoms with E-state index in [0.29, 0.717) is 17.1 Å².